The Morgan fingerprint density at radius 3 is 3.33 bits per heavy atom. The Labute approximate surface area is 52.8 Å². The molecule has 0 atom stereocenters. The second-order valence-corrected chi connectivity index (χ2v) is 1.45. The molecule has 1 radical (unpaired) electrons. The third-order valence-electron chi connectivity index (χ3n) is 0.821. The average molecular weight is 121 g/mol. The van der Waals surface area contributed by atoms with E-state index < -0.39 is 0 Å². The first-order valence-electron chi connectivity index (χ1n) is 2.46. The number of allylic oxidation sites excluding steroid dienone is 2. The van der Waals surface area contributed by atoms with Crippen LogP contribution in [0.5, 0.6) is 0 Å². The Hall–Kier alpha value is -1.38. The van der Waals surface area contributed by atoms with Gasteiger partial charge in [-0.25, -0.2) is 0 Å². The second kappa shape index (κ2) is 2.81. The summed E-state index contributed by atoms with van der Waals surface area (Å²) in [6, 6.07) is 0. The molecule has 1 rings (SSSR count). The van der Waals surface area contributed by atoms with E-state index in [0.29, 0.717) is 5.70 Å². The van der Waals surface area contributed by atoms with Gasteiger partial charge in [-0.1, -0.05) is 0 Å². The molecule has 0 fully saturated rings. The van der Waals surface area contributed by atoms with Gasteiger partial charge in [0.15, 0.2) is 0 Å². The van der Waals surface area contributed by atoms with Crippen molar-refractivity contribution < 1.29 is 4.79 Å². The number of hydrogen-bond donors (Lipinski definition) is 1. The van der Waals surface area contributed by atoms with E-state index in [1.807, 2.05) is 0 Å². The van der Waals surface area contributed by atoms with Crippen molar-refractivity contribution in [2.75, 3.05) is 0 Å². The Morgan fingerprint density at radius 1 is 1.67 bits per heavy atom. The summed E-state index contributed by atoms with van der Waals surface area (Å²) in [5, 5.41) is 2.66. The van der Waals surface area contributed by atoms with E-state index in [1.165, 1.54) is 6.20 Å². The molecule has 0 aromatic carbocycles. The normalized spacial score (nSPS) is 15.8. The van der Waals surface area contributed by atoms with E-state index in [9.17, 15) is 4.79 Å². The summed E-state index contributed by atoms with van der Waals surface area (Å²) in [5.41, 5.74) is 0.347. The molecular formula is C6H5N2O. The van der Waals surface area contributed by atoms with E-state index in [-0.39, 0.29) is 0 Å². The fourth-order valence-electron chi connectivity index (χ4n) is 0.441. The molecule has 0 unspecified atom stereocenters. The van der Waals surface area contributed by atoms with Crippen LogP contribution >= 0.6 is 0 Å². The molecule has 0 bridgehead atoms. The standard InChI is InChI=1S/C6H5N2O/c9-5-6-4-7-2-1-3-8-6/h1-4,8H. The van der Waals surface area contributed by atoms with Gasteiger partial charge in [0, 0.05) is 12.4 Å². The van der Waals surface area contributed by atoms with E-state index >= 15 is 0 Å². The van der Waals surface area contributed by atoms with Gasteiger partial charge in [0.2, 0.25) is 0 Å². The average Bonchev–Trinajstić information content (AvgIpc) is 2.13. The smallest absolute Gasteiger partial charge is 0.252 e. The molecule has 0 aliphatic carbocycles. The number of hydrogen-bond acceptors (Lipinski definition) is 3. The molecule has 1 heterocycles. The summed E-state index contributed by atoms with van der Waals surface area (Å²) >= 11 is 0. The Bertz CT molecular complexity index is 191. The quantitative estimate of drug-likeness (QED) is 0.535. The summed E-state index contributed by atoms with van der Waals surface area (Å²) in [6.07, 6.45) is 7.98. The van der Waals surface area contributed by atoms with Gasteiger partial charge in [-0.15, -0.1) is 0 Å². The van der Waals surface area contributed by atoms with Crippen molar-refractivity contribution in [2.24, 2.45) is 4.99 Å². The first-order chi connectivity index (χ1) is 4.43. The van der Waals surface area contributed by atoms with Crippen LogP contribution in [-0.4, -0.2) is 12.5 Å². The van der Waals surface area contributed by atoms with E-state index in [0.717, 1.165) is 0 Å². The van der Waals surface area contributed by atoms with Crippen LogP contribution in [0.3, 0.4) is 0 Å². The maximum absolute atomic E-state index is 9.95. The van der Waals surface area contributed by atoms with Crippen molar-refractivity contribution in [2.45, 2.75) is 0 Å². The van der Waals surface area contributed by atoms with E-state index in [4.69, 9.17) is 0 Å². The number of nitrogens with one attached hydrogen (secondary N) is 1. The molecule has 0 aromatic rings. The third kappa shape index (κ3) is 1.53. The molecule has 1 aliphatic heterocycles. The number of rotatable bonds is 1. The van der Waals surface area contributed by atoms with Gasteiger partial charge in [-0.05, 0) is 6.08 Å². The minimum atomic E-state index is 0.347. The maximum Gasteiger partial charge on any atom is 0.252 e. The number of nitrogens with zero attached hydrogens (tertiary/aromatic N) is 1. The minimum Gasteiger partial charge on any atom is -0.357 e. The van der Waals surface area contributed by atoms with E-state index in [2.05, 4.69) is 10.3 Å². The van der Waals surface area contributed by atoms with Gasteiger partial charge >= 0.3 is 0 Å². The molecule has 45 valence electrons. The Kier molecular flexibility index (Phi) is 1.80. The molecule has 0 saturated heterocycles. The van der Waals surface area contributed by atoms with Crippen LogP contribution in [0.15, 0.2) is 29.2 Å². The first-order valence-corrected chi connectivity index (χ1v) is 2.46. The summed E-state index contributed by atoms with van der Waals surface area (Å²) in [4.78, 5) is 13.7. The lowest BCUT2D eigenvalue weighted by Gasteiger charge is -1.89. The fourth-order valence-corrected chi connectivity index (χ4v) is 0.441. The first kappa shape index (κ1) is 5.75. The molecule has 3 nitrogen and oxygen atoms in total. The summed E-state index contributed by atoms with van der Waals surface area (Å²) in [5.74, 6) is 0. The third-order valence-corrected chi connectivity index (χ3v) is 0.821. The van der Waals surface area contributed by atoms with Crippen molar-refractivity contribution >= 4 is 12.5 Å². The van der Waals surface area contributed by atoms with Crippen molar-refractivity contribution in [1.82, 2.24) is 5.32 Å². The zero-order valence-electron chi connectivity index (χ0n) is 4.66. The van der Waals surface area contributed by atoms with Crippen LogP contribution in [-0.2, 0) is 4.79 Å². The minimum absolute atomic E-state index is 0.347. The number of carbonyl (C=O) groups excluding carboxylic acids is 1. The fraction of sp³-hybridized carbons (Fsp3) is 0. The van der Waals surface area contributed by atoms with Crippen molar-refractivity contribution in [3.05, 3.63) is 24.2 Å². The lowest BCUT2D eigenvalue weighted by molar-refractivity contribution is 0.559. The summed E-state index contributed by atoms with van der Waals surface area (Å²) in [6.45, 7) is 0. The predicted octanol–water partition coefficient (Wildman–Crippen LogP) is 0.125. The van der Waals surface area contributed by atoms with Crippen LogP contribution in [0.2, 0.25) is 0 Å². The van der Waals surface area contributed by atoms with Crippen molar-refractivity contribution in [3.63, 3.8) is 0 Å². The molecule has 0 saturated carbocycles. The zero-order valence-corrected chi connectivity index (χ0v) is 4.66. The van der Waals surface area contributed by atoms with Crippen molar-refractivity contribution in [3.8, 4) is 0 Å². The molecule has 0 aromatic heterocycles. The van der Waals surface area contributed by atoms with Gasteiger partial charge in [0.25, 0.3) is 6.29 Å². The van der Waals surface area contributed by atoms with Crippen LogP contribution < -0.4 is 5.32 Å². The SMILES string of the molecule is O=[C]C1=CN=CC=CN1. The highest BCUT2D eigenvalue weighted by atomic mass is 16.1. The molecular weight excluding hydrogens is 116 g/mol. The molecule has 3 heteroatoms. The lowest BCUT2D eigenvalue weighted by Crippen LogP contribution is -2.03. The largest absolute Gasteiger partial charge is 0.357 e. The zero-order chi connectivity index (χ0) is 6.53. The molecule has 9 heavy (non-hydrogen) atoms. The molecule has 1 aliphatic rings. The number of aliphatic imine (C=N–C) groups is 1. The highest BCUT2D eigenvalue weighted by molar-refractivity contribution is 5.77. The van der Waals surface area contributed by atoms with Crippen molar-refractivity contribution in [1.29, 1.82) is 0 Å². The Balaban J connectivity index is 2.73. The van der Waals surface area contributed by atoms with Gasteiger partial charge in [-0.3, -0.25) is 9.79 Å². The summed E-state index contributed by atoms with van der Waals surface area (Å²) < 4.78 is 0. The lowest BCUT2D eigenvalue weighted by atomic mass is 10.5. The molecule has 0 spiro atoms. The van der Waals surface area contributed by atoms with Gasteiger partial charge in [0.1, 0.15) is 5.70 Å². The van der Waals surface area contributed by atoms with Crippen LogP contribution in [0.25, 0.3) is 0 Å². The highest BCUT2D eigenvalue weighted by Gasteiger charge is 1.90. The van der Waals surface area contributed by atoms with Crippen LogP contribution in [0.4, 0.5) is 0 Å². The van der Waals surface area contributed by atoms with Crippen LogP contribution in [0.1, 0.15) is 0 Å². The summed E-state index contributed by atoms with van der Waals surface area (Å²) in [7, 11) is 0. The highest BCUT2D eigenvalue weighted by Crippen LogP contribution is 1.87. The van der Waals surface area contributed by atoms with E-state index in [1.54, 1.807) is 24.8 Å². The van der Waals surface area contributed by atoms with Crippen LogP contribution in [0, 0.1) is 0 Å². The molecule has 1 N–H and O–H groups in total. The maximum atomic E-state index is 9.95. The van der Waals surface area contributed by atoms with Gasteiger partial charge in [0.05, 0.1) is 6.20 Å². The van der Waals surface area contributed by atoms with Gasteiger partial charge < -0.3 is 5.32 Å². The topological polar surface area (TPSA) is 41.5 Å². The predicted molar refractivity (Wildman–Crippen MR) is 34.5 cm³/mol. The molecule has 0 amide bonds. The Morgan fingerprint density at radius 2 is 2.56 bits per heavy atom. The second-order valence-electron chi connectivity index (χ2n) is 1.45. The van der Waals surface area contributed by atoms with Gasteiger partial charge in [-0.2, -0.15) is 0 Å². The monoisotopic (exact) mass is 121 g/mol.